The first-order valence-electron chi connectivity index (χ1n) is 5.68. The number of likely N-dealkylation sites (N-methyl/N-ethyl adjacent to an activating group) is 1. The fourth-order valence-electron chi connectivity index (χ4n) is 1.36. The SMILES string of the molecule is CCN(C)CCNCc1ccn(C)c(=O)c1. The number of nitrogens with one attached hydrogen (secondary N) is 1. The zero-order valence-electron chi connectivity index (χ0n) is 10.4. The van der Waals surface area contributed by atoms with E-state index < -0.39 is 0 Å². The molecule has 1 aromatic heterocycles. The van der Waals surface area contributed by atoms with Crippen molar-refractivity contribution in [2.24, 2.45) is 7.05 Å². The topological polar surface area (TPSA) is 37.3 Å². The van der Waals surface area contributed by atoms with E-state index in [1.54, 1.807) is 23.9 Å². The van der Waals surface area contributed by atoms with Crippen molar-refractivity contribution >= 4 is 0 Å². The van der Waals surface area contributed by atoms with Gasteiger partial charge in [0.15, 0.2) is 0 Å². The van der Waals surface area contributed by atoms with Crippen molar-refractivity contribution in [3.63, 3.8) is 0 Å². The van der Waals surface area contributed by atoms with Gasteiger partial charge < -0.3 is 14.8 Å². The van der Waals surface area contributed by atoms with Gasteiger partial charge in [0.25, 0.3) is 5.56 Å². The molecule has 1 N–H and O–H groups in total. The number of aryl methyl sites for hydroxylation is 1. The summed E-state index contributed by atoms with van der Waals surface area (Å²) < 4.78 is 1.58. The van der Waals surface area contributed by atoms with E-state index in [4.69, 9.17) is 0 Å². The standard InChI is InChI=1S/C12H21N3O/c1-4-14(2)8-6-13-10-11-5-7-15(3)12(16)9-11/h5,7,9,13H,4,6,8,10H2,1-3H3. The Labute approximate surface area is 96.9 Å². The lowest BCUT2D eigenvalue weighted by Crippen LogP contribution is -2.29. The van der Waals surface area contributed by atoms with E-state index in [1.165, 1.54) is 0 Å². The van der Waals surface area contributed by atoms with E-state index in [0.29, 0.717) is 0 Å². The Bertz CT molecular complexity index is 373. The number of hydrogen-bond donors (Lipinski definition) is 1. The van der Waals surface area contributed by atoms with Gasteiger partial charge in [0, 0.05) is 38.9 Å². The summed E-state index contributed by atoms with van der Waals surface area (Å²) in [5.74, 6) is 0. The first kappa shape index (κ1) is 12.9. The van der Waals surface area contributed by atoms with Gasteiger partial charge in [-0.25, -0.2) is 0 Å². The molecule has 0 fully saturated rings. The number of rotatable bonds is 6. The van der Waals surface area contributed by atoms with Gasteiger partial charge in [0.05, 0.1) is 0 Å². The highest BCUT2D eigenvalue weighted by molar-refractivity contribution is 5.10. The van der Waals surface area contributed by atoms with Crippen molar-refractivity contribution in [1.29, 1.82) is 0 Å². The molecule has 0 saturated heterocycles. The van der Waals surface area contributed by atoms with Crippen LogP contribution in [0.2, 0.25) is 0 Å². The van der Waals surface area contributed by atoms with Crippen LogP contribution in [0.15, 0.2) is 23.1 Å². The molecule has 0 saturated carbocycles. The molecule has 1 heterocycles. The molecule has 90 valence electrons. The molecule has 0 aliphatic heterocycles. The molecule has 0 spiro atoms. The molecule has 0 aliphatic rings. The number of hydrogen-bond acceptors (Lipinski definition) is 3. The maximum Gasteiger partial charge on any atom is 0.250 e. The number of aromatic nitrogens is 1. The molecule has 0 unspecified atom stereocenters. The fraction of sp³-hybridized carbons (Fsp3) is 0.583. The van der Waals surface area contributed by atoms with Gasteiger partial charge in [-0.2, -0.15) is 0 Å². The van der Waals surface area contributed by atoms with Crippen LogP contribution in [-0.4, -0.2) is 36.1 Å². The molecule has 0 radical (unpaired) electrons. The second kappa shape index (κ2) is 6.45. The van der Waals surface area contributed by atoms with E-state index in [-0.39, 0.29) is 5.56 Å². The maximum atomic E-state index is 11.4. The number of nitrogens with zero attached hydrogens (tertiary/aromatic N) is 2. The largest absolute Gasteiger partial charge is 0.319 e. The summed E-state index contributed by atoms with van der Waals surface area (Å²) in [5, 5.41) is 3.32. The summed E-state index contributed by atoms with van der Waals surface area (Å²) in [5.41, 5.74) is 1.09. The highest BCUT2D eigenvalue weighted by Crippen LogP contribution is 1.92. The Morgan fingerprint density at radius 3 is 2.88 bits per heavy atom. The van der Waals surface area contributed by atoms with E-state index in [2.05, 4.69) is 24.2 Å². The van der Waals surface area contributed by atoms with Gasteiger partial charge in [-0.05, 0) is 25.2 Å². The summed E-state index contributed by atoms with van der Waals surface area (Å²) in [6.07, 6.45) is 1.80. The second-order valence-corrected chi connectivity index (χ2v) is 4.06. The van der Waals surface area contributed by atoms with Gasteiger partial charge in [0.1, 0.15) is 0 Å². The minimum atomic E-state index is 0.0463. The van der Waals surface area contributed by atoms with Crippen LogP contribution in [-0.2, 0) is 13.6 Å². The Morgan fingerprint density at radius 2 is 2.25 bits per heavy atom. The van der Waals surface area contributed by atoms with Crippen molar-refractivity contribution in [3.8, 4) is 0 Å². The zero-order valence-corrected chi connectivity index (χ0v) is 10.4. The third-order valence-electron chi connectivity index (χ3n) is 2.71. The van der Waals surface area contributed by atoms with Crippen LogP contribution in [0.25, 0.3) is 0 Å². The Kier molecular flexibility index (Phi) is 5.22. The zero-order chi connectivity index (χ0) is 12.0. The summed E-state index contributed by atoms with van der Waals surface area (Å²) in [7, 11) is 3.86. The van der Waals surface area contributed by atoms with Crippen molar-refractivity contribution in [1.82, 2.24) is 14.8 Å². The molecule has 0 amide bonds. The fourth-order valence-corrected chi connectivity index (χ4v) is 1.36. The number of pyridine rings is 1. The van der Waals surface area contributed by atoms with E-state index in [0.717, 1.165) is 31.7 Å². The minimum Gasteiger partial charge on any atom is -0.319 e. The Balaban J connectivity index is 2.32. The van der Waals surface area contributed by atoms with Gasteiger partial charge in [-0.15, -0.1) is 0 Å². The van der Waals surface area contributed by atoms with E-state index in [1.807, 2.05) is 6.07 Å². The molecule has 1 aromatic rings. The van der Waals surface area contributed by atoms with Crippen LogP contribution in [0.5, 0.6) is 0 Å². The Morgan fingerprint density at radius 1 is 1.50 bits per heavy atom. The first-order chi connectivity index (χ1) is 7.63. The van der Waals surface area contributed by atoms with Crippen molar-refractivity contribution in [2.75, 3.05) is 26.7 Å². The summed E-state index contributed by atoms with van der Waals surface area (Å²) in [6.45, 7) is 5.93. The molecule has 4 nitrogen and oxygen atoms in total. The van der Waals surface area contributed by atoms with Gasteiger partial charge >= 0.3 is 0 Å². The van der Waals surface area contributed by atoms with Crippen LogP contribution in [0, 0.1) is 0 Å². The summed E-state index contributed by atoms with van der Waals surface area (Å²) >= 11 is 0. The summed E-state index contributed by atoms with van der Waals surface area (Å²) in [4.78, 5) is 13.6. The predicted octanol–water partition coefficient (Wildman–Crippen LogP) is 0.427. The lowest BCUT2D eigenvalue weighted by atomic mass is 10.2. The van der Waals surface area contributed by atoms with Crippen molar-refractivity contribution in [2.45, 2.75) is 13.5 Å². The third kappa shape index (κ3) is 4.16. The van der Waals surface area contributed by atoms with Crippen molar-refractivity contribution in [3.05, 3.63) is 34.2 Å². The van der Waals surface area contributed by atoms with Crippen LogP contribution >= 0.6 is 0 Å². The van der Waals surface area contributed by atoms with Crippen LogP contribution < -0.4 is 10.9 Å². The molecule has 16 heavy (non-hydrogen) atoms. The normalized spacial score (nSPS) is 11.0. The molecule has 4 heteroatoms. The smallest absolute Gasteiger partial charge is 0.250 e. The van der Waals surface area contributed by atoms with Gasteiger partial charge in [-0.1, -0.05) is 6.92 Å². The van der Waals surface area contributed by atoms with Gasteiger partial charge in [-0.3, -0.25) is 4.79 Å². The lowest BCUT2D eigenvalue weighted by molar-refractivity contribution is 0.349. The predicted molar refractivity (Wildman–Crippen MR) is 66.6 cm³/mol. The molecule has 0 aliphatic carbocycles. The van der Waals surface area contributed by atoms with E-state index in [9.17, 15) is 4.79 Å². The molecular weight excluding hydrogens is 202 g/mol. The van der Waals surface area contributed by atoms with Crippen molar-refractivity contribution < 1.29 is 0 Å². The molecule has 0 bridgehead atoms. The quantitative estimate of drug-likeness (QED) is 0.711. The lowest BCUT2D eigenvalue weighted by Gasteiger charge is -2.13. The first-order valence-corrected chi connectivity index (χ1v) is 5.68. The highest BCUT2D eigenvalue weighted by Gasteiger charge is 1.96. The molecular formula is C12H21N3O. The molecule has 1 rings (SSSR count). The average Bonchev–Trinajstić information content (AvgIpc) is 2.28. The monoisotopic (exact) mass is 223 g/mol. The average molecular weight is 223 g/mol. The van der Waals surface area contributed by atoms with Gasteiger partial charge in [0.2, 0.25) is 0 Å². The maximum absolute atomic E-state index is 11.4. The third-order valence-corrected chi connectivity index (χ3v) is 2.71. The highest BCUT2D eigenvalue weighted by atomic mass is 16.1. The van der Waals surface area contributed by atoms with E-state index >= 15 is 0 Å². The van der Waals surface area contributed by atoms with Crippen LogP contribution in [0.4, 0.5) is 0 Å². The second-order valence-electron chi connectivity index (χ2n) is 4.06. The summed E-state index contributed by atoms with van der Waals surface area (Å²) in [6, 6.07) is 3.65. The minimum absolute atomic E-state index is 0.0463. The van der Waals surface area contributed by atoms with Crippen LogP contribution in [0.3, 0.4) is 0 Å². The molecule has 0 aromatic carbocycles. The Hall–Kier alpha value is -1.13. The molecule has 0 atom stereocenters. The van der Waals surface area contributed by atoms with Crippen LogP contribution in [0.1, 0.15) is 12.5 Å².